The minimum atomic E-state index is -0.212. The predicted octanol–water partition coefficient (Wildman–Crippen LogP) is 3.66. The highest BCUT2D eigenvalue weighted by Crippen LogP contribution is 2.28. The molecule has 0 aliphatic heterocycles. The monoisotopic (exact) mass is 335 g/mol. The maximum absolute atomic E-state index is 12.7. The number of rotatable bonds is 6. The van der Waals surface area contributed by atoms with Gasteiger partial charge < -0.3 is 10.1 Å². The second-order valence-corrected chi connectivity index (χ2v) is 6.24. The molecule has 1 aromatic heterocycles. The summed E-state index contributed by atoms with van der Waals surface area (Å²) in [4.78, 5) is 16.8. The van der Waals surface area contributed by atoms with Gasteiger partial charge in [-0.05, 0) is 30.9 Å². The van der Waals surface area contributed by atoms with Crippen LogP contribution in [0.5, 0.6) is 5.75 Å². The maximum atomic E-state index is 12.7. The van der Waals surface area contributed by atoms with E-state index in [0.717, 1.165) is 12.0 Å². The zero-order chi connectivity index (χ0) is 17.0. The van der Waals surface area contributed by atoms with Crippen molar-refractivity contribution in [2.24, 2.45) is 5.92 Å². The van der Waals surface area contributed by atoms with Crippen LogP contribution in [0.4, 0.5) is 5.82 Å². The Morgan fingerprint density at radius 2 is 2.13 bits per heavy atom. The summed E-state index contributed by atoms with van der Waals surface area (Å²) in [5, 5.41) is 3.71. The summed E-state index contributed by atoms with van der Waals surface area (Å²) in [5.74, 6) is 1.44. The van der Waals surface area contributed by atoms with Gasteiger partial charge in [-0.2, -0.15) is 0 Å². The van der Waals surface area contributed by atoms with Crippen LogP contribution in [-0.4, -0.2) is 23.2 Å². The molecule has 124 valence electrons. The molecule has 23 heavy (non-hydrogen) atoms. The molecule has 0 aliphatic rings. The number of hydrogen-bond acceptors (Lipinski definition) is 4. The van der Waals surface area contributed by atoms with Crippen molar-refractivity contribution >= 4 is 17.4 Å². The number of anilines is 1. The smallest absolute Gasteiger partial charge is 0.297 e. The Kier molecular flexibility index (Phi) is 5.66. The molecule has 0 amide bonds. The fourth-order valence-electron chi connectivity index (χ4n) is 2.20. The lowest BCUT2D eigenvalue weighted by Gasteiger charge is -2.14. The number of hydrogen-bond donors (Lipinski definition) is 1. The van der Waals surface area contributed by atoms with Gasteiger partial charge in [0, 0.05) is 30.0 Å². The van der Waals surface area contributed by atoms with Gasteiger partial charge in [0.15, 0.2) is 5.82 Å². The molecule has 0 bridgehead atoms. The van der Waals surface area contributed by atoms with E-state index in [1.807, 2.05) is 13.0 Å². The fraction of sp³-hybridized carbons (Fsp3) is 0.412. The van der Waals surface area contributed by atoms with Crippen molar-refractivity contribution in [2.45, 2.75) is 27.2 Å². The average molecular weight is 336 g/mol. The Labute approximate surface area is 141 Å². The van der Waals surface area contributed by atoms with Crippen molar-refractivity contribution < 1.29 is 4.74 Å². The first kappa shape index (κ1) is 17.3. The lowest BCUT2D eigenvalue weighted by atomic mass is 10.1. The maximum Gasteiger partial charge on any atom is 0.297 e. The molecule has 1 N–H and O–H groups in total. The zero-order valence-corrected chi connectivity index (χ0v) is 14.6. The van der Waals surface area contributed by atoms with E-state index >= 15 is 0 Å². The van der Waals surface area contributed by atoms with Gasteiger partial charge in [0.1, 0.15) is 5.75 Å². The molecule has 6 heteroatoms. The second-order valence-electron chi connectivity index (χ2n) is 5.83. The Bertz CT molecular complexity index is 741. The number of aromatic nitrogens is 2. The molecule has 0 aliphatic carbocycles. The first-order valence-corrected chi connectivity index (χ1v) is 7.98. The molecular weight excluding hydrogens is 314 g/mol. The third-order valence-electron chi connectivity index (χ3n) is 3.57. The van der Waals surface area contributed by atoms with Crippen LogP contribution in [0.2, 0.25) is 5.02 Å². The number of nitrogens with zero attached hydrogens (tertiary/aromatic N) is 2. The lowest BCUT2D eigenvalue weighted by molar-refractivity contribution is 0.412. The van der Waals surface area contributed by atoms with E-state index in [1.165, 1.54) is 4.57 Å². The second kappa shape index (κ2) is 7.51. The highest BCUT2D eigenvalue weighted by atomic mass is 35.5. The van der Waals surface area contributed by atoms with Gasteiger partial charge in [0.05, 0.1) is 12.8 Å². The third-order valence-corrected chi connectivity index (χ3v) is 3.98. The largest absolute Gasteiger partial charge is 0.495 e. The van der Waals surface area contributed by atoms with Gasteiger partial charge in [-0.3, -0.25) is 9.36 Å². The van der Waals surface area contributed by atoms with Gasteiger partial charge in [-0.25, -0.2) is 4.98 Å². The molecular formula is C17H22ClN3O2. The van der Waals surface area contributed by atoms with E-state index in [-0.39, 0.29) is 5.56 Å². The topological polar surface area (TPSA) is 56.1 Å². The van der Waals surface area contributed by atoms with Gasteiger partial charge in [-0.1, -0.05) is 25.4 Å². The van der Waals surface area contributed by atoms with E-state index in [2.05, 4.69) is 24.1 Å². The van der Waals surface area contributed by atoms with Crippen molar-refractivity contribution in [3.05, 3.63) is 45.5 Å². The number of aryl methyl sites for hydroxylation is 1. The SMILES string of the molecule is COc1cc(Cl)c(C)cc1-n1ccnc(NCCC(C)C)c1=O. The first-order valence-electron chi connectivity index (χ1n) is 7.60. The first-order chi connectivity index (χ1) is 10.9. The molecule has 0 atom stereocenters. The van der Waals surface area contributed by atoms with Crippen LogP contribution >= 0.6 is 11.6 Å². The summed E-state index contributed by atoms with van der Waals surface area (Å²) in [6.07, 6.45) is 4.20. The predicted molar refractivity (Wildman–Crippen MR) is 94.1 cm³/mol. The van der Waals surface area contributed by atoms with Gasteiger partial charge in [0.2, 0.25) is 0 Å². The van der Waals surface area contributed by atoms with Gasteiger partial charge >= 0.3 is 0 Å². The van der Waals surface area contributed by atoms with Crippen LogP contribution in [0.3, 0.4) is 0 Å². The number of nitrogens with one attached hydrogen (secondary N) is 1. The minimum absolute atomic E-state index is 0.212. The van der Waals surface area contributed by atoms with Crippen LogP contribution in [-0.2, 0) is 0 Å². The van der Waals surface area contributed by atoms with E-state index in [1.54, 1.807) is 25.6 Å². The standard InChI is InChI=1S/C17H22ClN3O2/c1-11(2)5-6-19-16-17(22)21(8-7-20-16)14-9-12(3)13(18)10-15(14)23-4/h7-11H,5-6H2,1-4H3,(H,19,20). The summed E-state index contributed by atoms with van der Waals surface area (Å²) in [7, 11) is 1.55. The van der Waals surface area contributed by atoms with E-state index in [9.17, 15) is 4.79 Å². The van der Waals surface area contributed by atoms with E-state index in [4.69, 9.17) is 16.3 Å². The number of benzene rings is 1. The fourth-order valence-corrected chi connectivity index (χ4v) is 2.36. The minimum Gasteiger partial charge on any atom is -0.495 e. The molecule has 2 rings (SSSR count). The third kappa shape index (κ3) is 4.05. The molecule has 1 heterocycles. The Morgan fingerprint density at radius 3 is 2.78 bits per heavy atom. The molecule has 0 saturated carbocycles. The number of halogens is 1. The van der Waals surface area contributed by atoms with Gasteiger partial charge in [0.25, 0.3) is 5.56 Å². The Balaban J connectivity index is 2.41. The molecule has 0 saturated heterocycles. The molecule has 2 aromatic rings. The Hall–Kier alpha value is -2.01. The van der Waals surface area contributed by atoms with Crippen LogP contribution in [0.1, 0.15) is 25.8 Å². The van der Waals surface area contributed by atoms with Gasteiger partial charge in [-0.15, -0.1) is 0 Å². The molecule has 0 radical (unpaired) electrons. The summed E-state index contributed by atoms with van der Waals surface area (Å²) in [6.45, 7) is 6.87. The molecule has 0 unspecified atom stereocenters. The quantitative estimate of drug-likeness (QED) is 0.875. The molecule has 5 nitrogen and oxygen atoms in total. The van der Waals surface area contributed by atoms with Crippen molar-refractivity contribution in [1.82, 2.24) is 9.55 Å². The Morgan fingerprint density at radius 1 is 1.39 bits per heavy atom. The van der Waals surface area contributed by atoms with Crippen LogP contribution in [0.25, 0.3) is 5.69 Å². The zero-order valence-electron chi connectivity index (χ0n) is 13.9. The number of methoxy groups -OCH3 is 1. The lowest BCUT2D eigenvalue weighted by Crippen LogP contribution is -2.24. The van der Waals surface area contributed by atoms with Crippen LogP contribution in [0, 0.1) is 12.8 Å². The highest BCUT2D eigenvalue weighted by molar-refractivity contribution is 6.31. The highest BCUT2D eigenvalue weighted by Gasteiger charge is 2.12. The van der Waals surface area contributed by atoms with E-state index < -0.39 is 0 Å². The van der Waals surface area contributed by atoms with Crippen molar-refractivity contribution in [3.63, 3.8) is 0 Å². The van der Waals surface area contributed by atoms with Crippen molar-refractivity contribution in [3.8, 4) is 11.4 Å². The normalized spacial score (nSPS) is 10.9. The summed E-state index contributed by atoms with van der Waals surface area (Å²) in [5.41, 5.74) is 1.31. The van der Waals surface area contributed by atoms with Crippen molar-refractivity contribution in [2.75, 3.05) is 19.0 Å². The molecule has 0 fully saturated rings. The van der Waals surface area contributed by atoms with Crippen molar-refractivity contribution in [1.29, 1.82) is 0 Å². The van der Waals surface area contributed by atoms with Crippen LogP contribution in [0.15, 0.2) is 29.3 Å². The summed E-state index contributed by atoms with van der Waals surface area (Å²) >= 11 is 6.13. The summed E-state index contributed by atoms with van der Waals surface area (Å²) in [6, 6.07) is 3.55. The summed E-state index contributed by atoms with van der Waals surface area (Å²) < 4.78 is 6.88. The van der Waals surface area contributed by atoms with E-state index in [0.29, 0.717) is 34.7 Å². The average Bonchev–Trinajstić information content (AvgIpc) is 2.51. The molecule has 0 spiro atoms. The number of ether oxygens (including phenoxy) is 1. The molecule has 1 aromatic carbocycles. The van der Waals surface area contributed by atoms with Crippen LogP contribution < -0.4 is 15.6 Å².